The van der Waals surface area contributed by atoms with E-state index >= 15 is 0 Å². The highest BCUT2D eigenvalue weighted by atomic mass is 35.5. The molecule has 0 bridgehead atoms. The van der Waals surface area contributed by atoms with E-state index in [9.17, 15) is 4.55 Å². The molecule has 0 saturated carbocycles. The van der Waals surface area contributed by atoms with Gasteiger partial charge in [-0.3, -0.25) is 0 Å². The second kappa shape index (κ2) is 7.81. The van der Waals surface area contributed by atoms with Crippen molar-refractivity contribution in [1.82, 2.24) is 0 Å². The van der Waals surface area contributed by atoms with Gasteiger partial charge in [-0.05, 0) is 59.0 Å². The Bertz CT molecular complexity index is 1360. The van der Waals surface area contributed by atoms with E-state index in [4.69, 9.17) is 11.6 Å². The molecule has 0 aliphatic carbocycles. The van der Waals surface area contributed by atoms with Crippen molar-refractivity contribution < 1.29 is 4.55 Å². The molecule has 0 heterocycles. The summed E-state index contributed by atoms with van der Waals surface area (Å²) < 4.78 is 14.0. The van der Waals surface area contributed by atoms with Gasteiger partial charge in [-0.1, -0.05) is 83.9 Å². The van der Waals surface area contributed by atoms with Crippen LogP contribution in [0.15, 0.2) is 107 Å². The monoisotopic (exact) mass is 426 g/mol. The molecular formula is C27H19ClOS. The van der Waals surface area contributed by atoms with Crippen LogP contribution in [-0.2, 0) is 11.2 Å². The smallest absolute Gasteiger partial charge is 0.174 e. The number of fused-ring (bicyclic) bond motifs is 3. The highest BCUT2D eigenvalue weighted by Crippen LogP contribution is 2.43. The molecule has 0 fully saturated rings. The summed E-state index contributed by atoms with van der Waals surface area (Å²) in [5.74, 6) is 0. The van der Waals surface area contributed by atoms with Gasteiger partial charge >= 0.3 is 0 Å². The van der Waals surface area contributed by atoms with Crippen LogP contribution in [0.5, 0.6) is 0 Å². The van der Waals surface area contributed by atoms with E-state index in [0.29, 0.717) is 5.02 Å². The highest BCUT2D eigenvalue weighted by molar-refractivity contribution is 7.92. The summed E-state index contributed by atoms with van der Waals surface area (Å²) in [4.78, 5) is 1.65. The summed E-state index contributed by atoms with van der Waals surface area (Å²) in [6, 6.07) is 32.3. The molecule has 30 heavy (non-hydrogen) atoms. The Kier molecular flexibility index (Phi) is 5.00. The first-order valence-corrected chi connectivity index (χ1v) is 11.3. The standard InChI is InChI=1S/C27H19ClOS/c1-18-10-16-21(17-11-18)30(29)27-25-9-5-3-7-23(25)22-6-2-4-8-24(22)26(27)19-12-14-20(28)15-13-19/h2-17H,1H3. The van der Waals surface area contributed by atoms with Crippen molar-refractivity contribution in [1.29, 1.82) is 0 Å². The number of aryl methyl sites for hydroxylation is 1. The molecule has 146 valence electrons. The highest BCUT2D eigenvalue weighted by Gasteiger charge is 2.26. The summed E-state index contributed by atoms with van der Waals surface area (Å²) in [5, 5.41) is 5.06. The van der Waals surface area contributed by atoms with Crippen LogP contribution in [0.25, 0.3) is 32.7 Å². The fourth-order valence-electron chi connectivity index (χ4n) is 3.98. The Morgan fingerprint density at radius 3 is 1.80 bits per heavy atom. The Balaban J connectivity index is 1.92. The van der Waals surface area contributed by atoms with Gasteiger partial charge in [-0.2, -0.15) is 0 Å². The van der Waals surface area contributed by atoms with Gasteiger partial charge in [0.2, 0.25) is 0 Å². The van der Waals surface area contributed by atoms with Crippen LogP contribution in [-0.4, -0.2) is 4.55 Å². The maximum absolute atomic E-state index is 14.0. The van der Waals surface area contributed by atoms with E-state index < -0.39 is 11.2 Å². The third kappa shape index (κ3) is 3.27. The van der Waals surface area contributed by atoms with Crippen LogP contribution < -0.4 is 0 Å². The van der Waals surface area contributed by atoms with Crippen molar-refractivity contribution in [2.75, 3.05) is 0 Å². The summed E-state index contributed by atoms with van der Waals surface area (Å²) >= 11 is 4.83. The van der Waals surface area contributed by atoms with Gasteiger partial charge in [0.25, 0.3) is 0 Å². The maximum atomic E-state index is 14.0. The van der Waals surface area contributed by atoms with Crippen LogP contribution in [0.3, 0.4) is 0 Å². The van der Waals surface area contributed by atoms with E-state index in [1.54, 1.807) is 0 Å². The maximum Gasteiger partial charge on any atom is 0.174 e. The first-order chi connectivity index (χ1) is 14.6. The zero-order valence-electron chi connectivity index (χ0n) is 16.4. The molecule has 0 aliphatic heterocycles. The fourth-order valence-corrected chi connectivity index (χ4v) is 5.52. The van der Waals surface area contributed by atoms with Gasteiger partial charge in [0, 0.05) is 27.1 Å². The third-order valence-corrected chi connectivity index (χ3v) is 7.19. The number of benzene rings is 5. The molecule has 1 unspecified atom stereocenters. The number of hydrogen-bond acceptors (Lipinski definition) is 1. The minimum atomic E-state index is -1.34. The molecule has 0 aliphatic rings. The topological polar surface area (TPSA) is 23.1 Å². The average Bonchev–Trinajstić information content (AvgIpc) is 2.79. The van der Waals surface area contributed by atoms with E-state index in [1.165, 1.54) is 0 Å². The minimum Gasteiger partial charge on any atom is -0.606 e. The molecule has 0 spiro atoms. The molecule has 0 amide bonds. The normalized spacial score (nSPS) is 12.4. The number of hydrogen-bond donors (Lipinski definition) is 0. The van der Waals surface area contributed by atoms with Crippen molar-refractivity contribution in [2.45, 2.75) is 16.7 Å². The summed E-state index contributed by atoms with van der Waals surface area (Å²) in [5.41, 5.74) is 3.16. The second-order valence-corrected chi connectivity index (χ2v) is 9.24. The van der Waals surface area contributed by atoms with E-state index in [-0.39, 0.29) is 0 Å². The van der Waals surface area contributed by atoms with E-state index in [0.717, 1.165) is 48.0 Å². The zero-order valence-corrected chi connectivity index (χ0v) is 18.0. The Hall–Kier alpha value is -2.78. The van der Waals surface area contributed by atoms with Gasteiger partial charge in [0.15, 0.2) is 9.79 Å². The Morgan fingerprint density at radius 2 is 1.17 bits per heavy atom. The summed E-state index contributed by atoms with van der Waals surface area (Å²) in [7, 11) is 0. The molecule has 0 saturated heterocycles. The molecule has 1 nitrogen and oxygen atoms in total. The van der Waals surface area contributed by atoms with Crippen LogP contribution in [0.1, 0.15) is 5.56 Å². The summed E-state index contributed by atoms with van der Waals surface area (Å²) in [6.45, 7) is 2.04. The molecule has 5 aromatic rings. The van der Waals surface area contributed by atoms with Crippen molar-refractivity contribution >= 4 is 44.3 Å². The van der Waals surface area contributed by atoms with E-state index in [2.05, 4.69) is 30.3 Å². The van der Waals surface area contributed by atoms with Crippen LogP contribution in [0, 0.1) is 6.92 Å². The first kappa shape index (κ1) is 19.2. The van der Waals surface area contributed by atoms with Crippen molar-refractivity contribution in [3.8, 4) is 11.1 Å². The SMILES string of the molecule is Cc1ccc([S+]([O-])c2c(-c3ccc(Cl)cc3)c3ccccc3c3ccccc23)cc1. The lowest BCUT2D eigenvalue weighted by Crippen LogP contribution is -2.06. The average molecular weight is 427 g/mol. The molecule has 3 heteroatoms. The van der Waals surface area contributed by atoms with Gasteiger partial charge in [0.05, 0.1) is 0 Å². The second-order valence-electron chi connectivity index (χ2n) is 7.38. The van der Waals surface area contributed by atoms with Crippen molar-refractivity contribution in [2.24, 2.45) is 0 Å². The zero-order chi connectivity index (χ0) is 20.7. The van der Waals surface area contributed by atoms with Crippen LogP contribution in [0.4, 0.5) is 0 Å². The van der Waals surface area contributed by atoms with Gasteiger partial charge in [-0.15, -0.1) is 0 Å². The fraction of sp³-hybridized carbons (Fsp3) is 0.0370. The molecule has 1 atom stereocenters. The number of rotatable bonds is 3. The Morgan fingerprint density at radius 1 is 0.633 bits per heavy atom. The van der Waals surface area contributed by atoms with Crippen LogP contribution >= 0.6 is 11.6 Å². The van der Waals surface area contributed by atoms with Gasteiger partial charge < -0.3 is 4.55 Å². The minimum absolute atomic E-state index is 0.685. The lowest BCUT2D eigenvalue weighted by molar-refractivity contribution is 0.596. The predicted octanol–water partition coefficient (Wildman–Crippen LogP) is 7.79. The lowest BCUT2D eigenvalue weighted by Gasteiger charge is -2.19. The number of halogens is 1. The quantitative estimate of drug-likeness (QED) is 0.213. The van der Waals surface area contributed by atoms with Crippen molar-refractivity contribution in [3.63, 3.8) is 0 Å². The molecule has 0 N–H and O–H groups in total. The molecule has 5 aromatic carbocycles. The first-order valence-electron chi connectivity index (χ1n) is 9.81. The molecule has 0 radical (unpaired) electrons. The van der Waals surface area contributed by atoms with Gasteiger partial charge in [-0.25, -0.2) is 0 Å². The molecule has 5 rings (SSSR count). The molecular weight excluding hydrogens is 408 g/mol. The largest absolute Gasteiger partial charge is 0.606 e. The Labute approximate surface area is 184 Å². The third-order valence-electron chi connectivity index (χ3n) is 5.44. The van der Waals surface area contributed by atoms with Crippen molar-refractivity contribution in [3.05, 3.63) is 108 Å². The van der Waals surface area contributed by atoms with Gasteiger partial charge in [0.1, 0.15) is 0 Å². The lowest BCUT2D eigenvalue weighted by atomic mass is 9.93. The predicted molar refractivity (Wildman–Crippen MR) is 128 cm³/mol. The van der Waals surface area contributed by atoms with Crippen LogP contribution in [0.2, 0.25) is 5.02 Å². The van der Waals surface area contributed by atoms with E-state index in [1.807, 2.05) is 73.7 Å². The summed E-state index contributed by atoms with van der Waals surface area (Å²) in [6.07, 6.45) is 0. The molecule has 0 aromatic heterocycles.